The van der Waals surface area contributed by atoms with Crippen molar-refractivity contribution in [1.82, 2.24) is 9.62 Å². The summed E-state index contributed by atoms with van der Waals surface area (Å²) in [4.78, 5) is 11.0. The zero-order chi connectivity index (χ0) is 23.1. The van der Waals surface area contributed by atoms with Gasteiger partial charge in [0.1, 0.15) is 11.5 Å². The van der Waals surface area contributed by atoms with E-state index in [-0.39, 0.29) is 36.7 Å². The Hall–Kier alpha value is -2.62. The van der Waals surface area contributed by atoms with Crippen LogP contribution in [0.15, 0.2) is 59.5 Å². The lowest BCUT2D eigenvalue weighted by atomic mass is 9.98. The molecule has 0 saturated carbocycles. The molecule has 0 aromatic heterocycles. The monoisotopic (exact) mass is 450 g/mol. The van der Waals surface area contributed by atoms with Gasteiger partial charge >= 0.3 is 6.09 Å². The Labute approximate surface area is 183 Å². The number of methoxy groups -OCH3 is 1. The van der Waals surface area contributed by atoms with Crippen LogP contribution >= 0.6 is 0 Å². The number of sulfonamides is 1. The first-order valence-corrected chi connectivity index (χ1v) is 11.4. The van der Waals surface area contributed by atoms with E-state index in [1.165, 1.54) is 19.2 Å². The molecule has 0 aliphatic carbocycles. The maximum absolute atomic E-state index is 13.6. The van der Waals surface area contributed by atoms with Gasteiger partial charge in [0.05, 0.1) is 12.0 Å². The fourth-order valence-electron chi connectivity index (χ4n) is 3.29. The van der Waals surface area contributed by atoms with E-state index in [4.69, 9.17) is 9.84 Å². The van der Waals surface area contributed by atoms with Crippen LogP contribution in [0.25, 0.3) is 0 Å². The molecule has 2 rings (SSSR count). The topological polar surface area (TPSA) is 116 Å². The summed E-state index contributed by atoms with van der Waals surface area (Å²) in [5.41, 5.74) is -1.11. The summed E-state index contributed by atoms with van der Waals surface area (Å²) in [6.07, 6.45) is -1.34. The van der Waals surface area contributed by atoms with Crippen LogP contribution < -0.4 is 10.1 Å². The van der Waals surface area contributed by atoms with Crippen molar-refractivity contribution >= 4 is 16.1 Å². The molecule has 0 radical (unpaired) electrons. The molecule has 2 aromatic carbocycles. The van der Waals surface area contributed by atoms with Crippen molar-refractivity contribution in [3.63, 3.8) is 0 Å². The first kappa shape index (κ1) is 24.6. The Morgan fingerprint density at radius 3 is 2.26 bits per heavy atom. The number of rotatable bonds is 11. The standard InChI is InChI=1S/C22H30N2O6S/c1-17(2)16-24(31(28,29)20-11-9-19(30-3)10-12-20)22(27,13-14-23-21(25)26)15-18-7-5-4-6-8-18/h4-12,17,23,27H,13-16H2,1-3H3,(H,25,26). The van der Waals surface area contributed by atoms with Gasteiger partial charge in [-0.3, -0.25) is 0 Å². The maximum Gasteiger partial charge on any atom is 0.404 e. The van der Waals surface area contributed by atoms with Gasteiger partial charge in [-0.05, 0) is 35.7 Å². The van der Waals surface area contributed by atoms with Crippen molar-refractivity contribution in [1.29, 1.82) is 0 Å². The third kappa shape index (κ3) is 6.68. The second-order valence-electron chi connectivity index (χ2n) is 7.73. The normalized spacial score (nSPS) is 13.7. The molecule has 31 heavy (non-hydrogen) atoms. The number of ether oxygens (including phenoxy) is 1. The van der Waals surface area contributed by atoms with Crippen molar-refractivity contribution in [3.8, 4) is 5.75 Å². The molecular weight excluding hydrogens is 420 g/mol. The molecule has 8 nitrogen and oxygen atoms in total. The van der Waals surface area contributed by atoms with Gasteiger partial charge in [-0.2, -0.15) is 4.31 Å². The fraction of sp³-hybridized carbons (Fsp3) is 0.409. The Morgan fingerprint density at radius 1 is 1.13 bits per heavy atom. The lowest BCUT2D eigenvalue weighted by Crippen LogP contribution is -2.55. The summed E-state index contributed by atoms with van der Waals surface area (Å²) < 4.78 is 33.4. The lowest BCUT2D eigenvalue weighted by Gasteiger charge is -2.40. The zero-order valence-electron chi connectivity index (χ0n) is 18.0. The van der Waals surface area contributed by atoms with E-state index >= 15 is 0 Å². The molecular formula is C22H30N2O6S. The molecule has 0 saturated heterocycles. The summed E-state index contributed by atoms with van der Waals surface area (Å²) in [6, 6.07) is 15.0. The summed E-state index contributed by atoms with van der Waals surface area (Å²) in [5, 5.41) is 22.8. The Bertz CT molecular complexity index is 948. The molecule has 0 spiro atoms. The van der Waals surface area contributed by atoms with Gasteiger partial charge in [0.2, 0.25) is 10.0 Å². The van der Waals surface area contributed by atoms with Crippen LogP contribution in [0.2, 0.25) is 0 Å². The van der Waals surface area contributed by atoms with Gasteiger partial charge in [0.15, 0.2) is 0 Å². The SMILES string of the molecule is COc1ccc(S(=O)(=O)N(CC(C)C)C(O)(CCNC(=O)O)Cc2ccccc2)cc1. The van der Waals surface area contributed by atoms with Gasteiger partial charge in [-0.15, -0.1) is 0 Å². The summed E-state index contributed by atoms with van der Waals surface area (Å²) in [7, 11) is -2.61. The minimum atomic E-state index is -4.10. The van der Waals surface area contributed by atoms with E-state index in [9.17, 15) is 18.3 Å². The number of nitrogens with one attached hydrogen (secondary N) is 1. The van der Waals surface area contributed by atoms with Crippen molar-refractivity contribution < 1.29 is 28.2 Å². The van der Waals surface area contributed by atoms with Crippen molar-refractivity contribution in [2.75, 3.05) is 20.2 Å². The molecule has 0 fully saturated rings. The number of aliphatic hydroxyl groups is 1. The molecule has 0 aliphatic heterocycles. The minimum Gasteiger partial charge on any atom is -0.497 e. The average molecular weight is 451 g/mol. The zero-order valence-corrected chi connectivity index (χ0v) is 18.8. The quantitative estimate of drug-likeness (QED) is 0.453. The molecule has 3 N–H and O–H groups in total. The third-order valence-corrected chi connectivity index (χ3v) is 6.71. The second-order valence-corrected chi connectivity index (χ2v) is 9.59. The van der Waals surface area contributed by atoms with Gasteiger partial charge in [-0.25, -0.2) is 13.2 Å². The van der Waals surface area contributed by atoms with Crippen LogP contribution in [-0.2, 0) is 16.4 Å². The highest BCUT2D eigenvalue weighted by Gasteiger charge is 2.43. The van der Waals surface area contributed by atoms with Crippen LogP contribution in [0.5, 0.6) is 5.75 Å². The highest BCUT2D eigenvalue weighted by atomic mass is 32.2. The molecule has 2 aromatic rings. The number of benzene rings is 2. The molecule has 1 atom stereocenters. The average Bonchev–Trinajstić information content (AvgIpc) is 2.72. The van der Waals surface area contributed by atoms with Crippen LogP contribution in [0.1, 0.15) is 25.8 Å². The largest absolute Gasteiger partial charge is 0.497 e. The van der Waals surface area contributed by atoms with E-state index in [2.05, 4.69) is 5.32 Å². The van der Waals surface area contributed by atoms with Crippen molar-refractivity contribution in [2.45, 2.75) is 37.3 Å². The second kappa shape index (κ2) is 10.6. The molecule has 1 unspecified atom stereocenters. The molecule has 170 valence electrons. The first-order chi connectivity index (χ1) is 14.6. The van der Waals surface area contributed by atoms with Crippen LogP contribution in [-0.4, -0.2) is 55.0 Å². The van der Waals surface area contributed by atoms with Crippen LogP contribution in [0.3, 0.4) is 0 Å². The number of carboxylic acid groups (broad SMARTS) is 1. The summed E-state index contributed by atoms with van der Waals surface area (Å²) >= 11 is 0. The van der Waals surface area contributed by atoms with Gasteiger partial charge in [0.25, 0.3) is 0 Å². The first-order valence-electron chi connectivity index (χ1n) is 9.98. The number of hydrogen-bond donors (Lipinski definition) is 3. The smallest absolute Gasteiger partial charge is 0.404 e. The van der Waals surface area contributed by atoms with Crippen LogP contribution in [0.4, 0.5) is 4.79 Å². The molecule has 1 amide bonds. The van der Waals surface area contributed by atoms with Crippen molar-refractivity contribution in [2.24, 2.45) is 5.92 Å². The minimum absolute atomic E-state index is 0.0112. The molecule has 0 bridgehead atoms. The molecule has 0 heterocycles. The van der Waals surface area contributed by atoms with Gasteiger partial charge in [0, 0.05) is 25.9 Å². The number of amides is 1. The Kier molecular flexibility index (Phi) is 8.43. The third-order valence-electron chi connectivity index (χ3n) is 4.77. The van der Waals surface area contributed by atoms with E-state index in [0.29, 0.717) is 5.75 Å². The number of carbonyl (C=O) groups is 1. The van der Waals surface area contributed by atoms with Crippen LogP contribution in [0, 0.1) is 5.92 Å². The predicted molar refractivity (Wildman–Crippen MR) is 117 cm³/mol. The van der Waals surface area contributed by atoms with E-state index < -0.39 is 21.8 Å². The summed E-state index contributed by atoms with van der Waals surface area (Å²) in [5.74, 6) is 0.433. The number of hydrogen-bond acceptors (Lipinski definition) is 5. The number of nitrogens with zero attached hydrogens (tertiary/aromatic N) is 1. The summed E-state index contributed by atoms with van der Waals surface area (Å²) in [6.45, 7) is 3.67. The molecule has 9 heteroatoms. The predicted octanol–water partition coefficient (Wildman–Crippen LogP) is 2.93. The van der Waals surface area contributed by atoms with Gasteiger partial charge in [-0.1, -0.05) is 44.2 Å². The Morgan fingerprint density at radius 2 is 1.74 bits per heavy atom. The van der Waals surface area contributed by atoms with E-state index in [1.54, 1.807) is 36.4 Å². The highest BCUT2D eigenvalue weighted by Crippen LogP contribution is 2.31. The van der Waals surface area contributed by atoms with E-state index in [1.807, 2.05) is 19.9 Å². The fourth-order valence-corrected chi connectivity index (χ4v) is 5.12. The van der Waals surface area contributed by atoms with Crippen molar-refractivity contribution in [3.05, 3.63) is 60.2 Å². The van der Waals surface area contributed by atoms with Gasteiger partial charge < -0.3 is 20.3 Å². The molecule has 0 aliphatic rings. The lowest BCUT2D eigenvalue weighted by molar-refractivity contribution is -0.0701. The highest BCUT2D eigenvalue weighted by molar-refractivity contribution is 7.89. The maximum atomic E-state index is 13.6. The van der Waals surface area contributed by atoms with E-state index in [0.717, 1.165) is 9.87 Å². The Balaban J connectivity index is 2.50.